The fourth-order valence-electron chi connectivity index (χ4n) is 3.49. The Labute approximate surface area is 179 Å². The summed E-state index contributed by atoms with van der Waals surface area (Å²) in [7, 11) is -1.42. The second-order valence-electron chi connectivity index (χ2n) is 9.36. The number of carbonyl (C=O) groups excluding carboxylic acids is 1. The SMILES string of the molecule is CCOC(=O)c1c(CC)nc2c(c1I)[C@@H](O[SiH](C)C(C)(C)C)CC(C)(C)C2. The first-order valence-corrected chi connectivity index (χ1v) is 13.2. The molecule has 0 fully saturated rings. The Hall–Kier alpha value is -0.473. The molecule has 1 heterocycles. The van der Waals surface area contributed by atoms with Gasteiger partial charge in [-0.2, -0.15) is 0 Å². The number of fused-ring (bicyclic) bond motifs is 1. The molecule has 0 aliphatic heterocycles. The Bertz CT molecular complexity index is 712. The molecule has 0 saturated heterocycles. The lowest BCUT2D eigenvalue weighted by Crippen LogP contribution is -2.35. The van der Waals surface area contributed by atoms with Crippen molar-refractivity contribution in [1.82, 2.24) is 4.98 Å². The van der Waals surface area contributed by atoms with Gasteiger partial charge in [0.2, 0.25) is 0 Å². The third-order valence-electron chi connectivity index (χ3n) is 5.43. The van der Waals surface area contributed by atoms with Crippen LogP contribution in [0.25, 0.3) is 0 Å². The molecule has 0 radical (unpaired) electrons. The first-order valence-electron chi connectivity index (χ1n) is 9.95. The van der Waals surface area contributed by atoms with Gasteiger partial charge < -0.3 is 9.16 Å². The molecule has 0 bridgehead atoms. The second kappa shape index (κ2) is 8.49. The largest absolute Gasteiger partial charge is 0.462 e. The second-order valence-corrected chi connectivity index (χ2v) is 13.7. The van der Waals surface area contributed by atoms with Gasteiger partial charge in [0, 0.05) is 14.8 Å². The van der Waals surface area contributed by atoms with Crippen LogP contribution in [-0.2, 0) is 22.0 Å². The zero-order chi connectivity index (χ0) is 20.6. The predicted octanol–water partition coefficient (Wildman–Crippen LogP) is 5.61. The Morgan fingerprint density at radius 2 is 1.96 bits per heavy atom. The highest BCUT2D eigenvalue weighted by atomic mass is 127. The van der Waals surface area contributed by atoms with Crippen molar-refractivity contribution < 1.29 is 14.0 Å². The maximum Gasteiger partial charge on any atom is 0.341 e. The van der Waals surface area contributed by atoms with Crippen LogP contribution < -0.4 is 0 Å². The molecule has 1 aromatic heterocycles. The molecule has 1 aliphatic rings. The lowest BCUT2D eigenvalue weighted by molar-refractivity contribution is 0.0522. The van der Waals surface area contributed by atoms with E-state index < -0.39 is 9.04 Å². The molecule has 0 amide bonds. The van der Waals surface area contributed by atoms with E-state index in [2.05, 4.69) is 63.8 Å². The quantitative estimate of drug-likeness (QED) is 0.298. The average molecular weight is 503 g/mol. The molecule has 0 aromatic carbocycles. The van der Waals surface area contributed by atoms with Crippen LogP contribution in [0.15, 0.2) is 0 Å². The van der Waals surface area contributed by atoms with Gasteiger partial charge in [0.05, 0.1) is 24.0 Å². The molecule has 27 heavy (non-hydrogen) atoms. The van der Waals surface area contributed by atoms with Crippen molar-refractivity contribution in [2.75, 3.05) is 6.61 Å². The van der Waals surface area contributed by atoms with Gasteiger partial charge in [0.1, 0.15) is 0 Å². The highest BCUT2D eigenvalue weighted by molar-refractivity contribution is 14.1. The van der Waals surface area contributed by atoms with Crippen LogP contribution >= 0.6 is 22.6 Å². The maximum absolute atomic E-state index is 12.6. The van der Waals surface area contributed by atoms with E-state index in [-0.39, 0.29) is 22.5 Å². The normalized spacial score (nSPS) is 20.1. The molecule has 1 unspecified atom stereocenters. The van der Waals surface area contributed by atoms with Crippen molar-refractivity contribution in [3.8, 4) is 0 Å². The fraction of sp³-hybridized carbons (Fsp3) is 0.714. The summed E-state index contributed by atoms with van der Waals surface area (Å²) in [6.45, 7) is 17.9. The number of rotatable bonds is 5. The van der Waals surface area contributed by atoms with Gasteiger partial charge in [-0.15, -0.1) is 0 Å². The number of ether oxygens (including phenoxy) is 1. The molecule has 4 nitrogen and oxygen atoms in total. The van der Waals surface area contributed by atoms with Crippen LogP contribution in [0.5, 0.6) is 0 Å². The molecule has 1 aliphatic carbocycles. The van der Waals surface area contributed by atoms with E-state index in [1.807, 2.05) is 13.8 Å². The standard InChI is InChI=1S/C21H34INO3Si/c1-9-13-17(19(24)25-10-2)18(22)16-14(23-13)11-21(6,7)12-15(16)26-27(8)20(3,4)5/h15,27H,9-12H2,1-8H3/t15-,27?/m0/s1. The third kappa shape index (κ3) is 5.12. The number of aryl methyl sites for hydroxylation is 1. The number of aromatic nitrogens is 1. The summed E-state index contributed by atoms with van der Waals surface area (Å²) in [6.07, 6.45) is 2.60. The van der Waals surface area contributed by atoms with Gasteiger partial charge in [-0.3, -0.25) is 4.98 Å². The molecule has 0 N–H and O–H groups in total. The summed E-state index contributed by atoms with van der Waals surface area (Å²) >= 11 is 2.32. The monoisotopic (exact) mass is 503 g/mol. The van der Waals surface area contributed by atoms with Crippen molar-refractivity contribution in [3.63, 3.8) is 0 Å². The summed E-state index contributed by atoms with van der Waals surface area (Å²) in [5, 5.41) is 0.188. The first kappa shape index (κ1) is 22.8. The molecule has 0 saturated carbocycles. The lowest BCUT2D eigenvalue weighted by atomic mass is 9.74. The zero-order valence-electron chi connectivity index (χ0n) is 18.0. The zero-order valence-corrected chi connectivity index (χ0v) is 21.3. The van der Waals surface area contributed by atoms with E-state index in [4.69, 9.17) is 14.1 Å². The molecular formula is C21H34INO3Si. The summed E-state index contributed by atoms with van der Waals surface area (Å²) in [5.74, 6) is -0.265. The van der Waals surface area contributed by atoms with E-state index in [1.165, 1.54) is 0 Å². The van der Waals surface area contributed by atoms with E-state index in [0.717, 1.165) is 39.8 Å². The van der Waals surface area contributed by atoms with E-state index >= 15 is 0 Å². The van der Waals surface area contributed by atoms with Gasteiger partial charge in [-0.1, -0.05) is 41.5 Å². The fourth-order valence-corrected chi connectivity index (χ4v) is 5.82. The number of halogens is 1. The minimum absolute atomic E-state index is 0.00289. The Balaban J connectivity index is 2.59. The van der Waals surface area contributed by atoms with Crippen LogP contribution in [0.3, 0.4) is 0 Å². The average Bonchev–Trinajstić information content (AvgIpc) is 2.51. The van der Waals surface area contributed by atoms with Crippen LogP contribution in [0.2, 0.25) is 11.6 Å². The number of pyridine rings is 1. The summed E-state index contributed by atoms with van der Waals surface area (Å²) in [5.41, 5.74) is 3.83. The lowest BCUT2D eigenvalue weighted by Gasteiger charge is -2.40. The van der Waals surface area contributed by atoms with Crippen LogP contribution in [0, 0.1) is 8.99 Å². The van der Waals surface area contributed by atoms with Gasteiger partial charge >= 0.3 is 5.97 Å². The van der Waals surface area contributed by atoms with Crippen LogP contribution in [-0.4, -0.2) is 26.6 Å². The van der Waals surface area contributed by atoms with Crippen molar-refractivity contribution in [2.45, 2.75) is 85.4 Å². The Morgan fingerprint density at radius 1 is 1.33 bits per heavy atom. The summed E-state index contributed by atoms with van der Waals surface area (Å²) < 4.78 is 13.0. The van der Waals surface area contributed by atoms with Gasteiger partial charge in [-0.05, 0) is 65.8 Å². The molecular weight excluding hydrogens is 469 g/mol. The van der Waals surface area contributed by atoms with Gasteiger partial charge in [0.25, 0.3) is 0 Å². The number of esters is 1. The molecule has 2 rings (SSSR count). The molecule has 1 aromatic rings. The molecule has 152 valence electrons. The molecule has 2 atom stereocenters. The smallest absolute Gasteiger partial charge is 0.341 e. The van der Waals surface area contributed by atoms with E-state index in [1.54, 1.807) is 0 Å². The van der Waals surface area contributed by atoms with E-state index in [9.17, 15) is 4.79 Å². The number of hydrogen-bond acceptors (Lipinski definition) is 4. The highest BCUT2D eigenvalue weighted by Crippen LogP contribution is 2.46. The summed E-state index contributed by atoms with van der Waals surface area (Å²) in [4.78, 5) is 17.6. The van der Waals surface area contributed by atoms with Crippen LogP contribution in [0.4, 0.5) is 0 Å². The van der Waals surface area contributed by atoms with Gasteiger partial charge in [-0.25, -0.2) is 4.79 Å². The minimum atomic E-state index is -1.42. The predicted molar refractivity (Wildman–Crippen MR) is 121 cm³/mol. The number of hydrogen-bond donors (Lipinski definition) is 0. The highest BCUT2D eigenvalue weighted by Gasteiger charge is 2.39. The van der Waals surface area contributed by atoms with Crippen molar-refractivity contribution >= 4 is 37.6 Å². The Morgan fingerprint density at radius 3 is 2.48 bits per heavy atom. The topological polar surface area (TPSA) is 48.4 Å². The van der Waals surface area contributed by atoms with Gasteiger partial charge in [0.15, 0.2) is 9.04 Å². The number of carbonyl (C=O) groups is 1. The third-order valence-corrected chi connectivity index (χ3v) is 9.73. The Kier molecular flexibility index (Phi) is 7.17. The molecule has 6 heteroatoms. The summed E-state index contributed by atoms with van der Waals surface area (Å²) in [6, 6.07) is 0. The van der Waals surface area contributed by atoms with Crippen molar-refractivity contribution in [1.29, 1.82) is 0 Å². The van der Waals surface area contributed by atoms with Crippen LogP contribution in [0.1, 0.15) is 88.3 Å². The minimum Gasteiger partial charge on any atom is -0.462 e. The first-order chi connectivity index (χ1) is 12.4. The molecule has 0 spiro atoms. The van der Waals surface area contributed by atoms with Crippen molar-refractivity contribution in [2.24, 2.45) is 5.41 Å². The van der Waals surface area contributed by atoms with E-state index in [0.29, 0.717) is 12.2 Å². The number of nitrogens with zero attached hydrogens (tertiary/aromatic N) is 1. The maximum atomic E-state index is 12.6. The van der Waals surface area contributed by atoms with Crippen molar-refractivity contribution in [3.05, 3.63) is 26.1 Å².